The number of hydrogen-bond acceptors (Lipinski definition) is 5. The Morgan fingerprint density at radius 3 is 2.64 bits per heavy atom. The first kappa shape index (κ1) is 21.3. The molecule has 1 atom stereocenters. The summed E-state index contributed by atoms with van der Waals surface area (Å²) in [6, 6.07) is 5.74. The minimum Gasteiger partial charge on any atom is -0.454 e. The van der Waals surface area contributed by atoms with E-state index in [9.17, 15) is 14.4 Å². The number of nitrogens with one attached hydrogen (secondary N) is 2. The number of hydrogen-bond donors (Lipinski definition) is 2. The fraction of sp³-hybridized carbons (Fsp3) is 0.471. The first-order valence-corrected chi connectivity index (χ1v) is 9.74. The molecule has 0 fully saturated rings. The molecule has 0 aliphatic heterocycles. The molecule has 1 aromatic carbocycles. The molecule has 0 spiro atoms. The summed E-state index contributed by atoms with van der Waals surface area (Å²) in [5.74, 6) is -0.800. The van der Waals surface area contributed by atoms with Crippen LogP contribution in [0.2, 0.25) is 5.02 Å². The van der Waals surface area contributed by atoms with Crippen LogP contribution in [-0.4, -0.2) is 49.0 Å². The van der Waals surface area contributed by atoms with E-state index >= 15 is 0 Å². The molecule has 0 radical (unpaired) electrons. The lowest BCUT2D eigenvalue weighted by Gasteiger charge is -2.17. The van der Waals surface area contributed by atoms with E-state index in [1.54, 1.807) is 36.0 Å². The zero-order valence-electron chi connectivity index (χ0n) is 14.3. The third-order valence-corrected chi connectivity index (χ3v) is 4.21. The molecule has 0 aliphatic carbocycles. The Kier molecular flexibility index (Phi) is 10.0. The number of carbonyl (C=O) groups is 3. The highest BCUT2D eigenvalue weighted by molar-refractivity contribution is 7.98. The third-order valence-electron chi connectivity index (χ3n) is 3.24. The largest absolute Gasteiger partial charge is 0.454 e. The number of benzene rings is 1. The van der Waals surface area contributed by atoms with Crippen molar-refractivity contribution < 1.29 is 19.1 Å². The Balaban J connectivity index is 2.66. The molecular formula is C17H23ClN2O4S. The Labute approximate surface area is 157 Å². The van der Waals surface area contributed by atoms with Crippen molar-refractivity contribution in [3.63, 3.8) is 0 Å². The summed E-state index contributed by atoms with van der Waals surface area (Å²) in [7, 11) is 0. The minimum absolute atomic E-state index is 0.284. The summed E-state index contributed by atoms with van der Waals surface area (Å²) in [5.41, 5.74) is 0.284. The summed E-state index contributed by atoms with van der Waals surface area (Å²) in [6.45, 7) is 2.08. The quantitative estimate of drug-likeness (QED) is 0.602. The average molecular weight is 387 g/mol. The van der Waals surface area contributed by atoms with Crippen molar-refractivity contribution >= 4 is 41.1 Å². The highest BCUT2D eigenvalue weighted by Crippen LogP contribution is 2.15. The van der Waals surface area contributed by atoms with Crippen molar-refractivity contribution in [1.29, 1.82) is 0 Å². The van der Waals surface area contributed by atoms with Gasteiger partial charge in [-0.25, -0.2) is 4.79 Å². The van der Waals surface area contributed by atoms with Gasteiger partial charge in [-0.15, -0.1) is 0 Å². The predicted octanol–water partition coefficient (Wildman–Crippen LogP) is 2.26. The lowest BCUT2D eigenvalue weighted by molar-refractivity contribution is -0.150. The van der Waals surface area contributed by atoms with Crippen molar-refractivity contribution in [3.05, 3.63) is 34.9 Å². The monoisotopic (exact) mass is 386 g/mol. The van der Waals surface area contributed by atoms with Crippen LogP contribution in [0.4, 0.5) is 0 Å². The molecule has 1 rings (SSSR count). The number of rotatable bonds is 10. The second-order valence-electron chi connectivity index (χ2n) is 5.25. The van der Waals surface area contributed by atoms with Crippen molar-refractivity contribution in [2.45, 2.75) is 25.8 Å². The number of halogens is 1. The topological polar surface area (TPSA) is 84.5 Å². The molecule has 0 saturated heterocycles. The van der Waals surface area contributed by atoms with Gasteiger partial charge in [0, 0.05) is 6.54 Å². The maximum absolute atomic E-state index is 12.3. The molecule has 0 heterocycles. The van der Waals surface area contributed by atoms with Crippen LogP contribution >= 0.6 is 23.4 Å². The zero-order valence-corrected chi connectivity index (χ0v) is 15.9. The zero-order chi connectivity index (χ0) is 18.7. The number of esters is 1. The van der Waals surface area contributed by atoms with Crippen molar-refractivity contribution in [3.8, 4) is 0 Å². The summed E-state index contributed by atoms with van der Waals surface area (Å²) >= 11 is 7.55. The van der Waals surface area contributed by atoms with Gasteiger partial charge in [0.15, 0.2) is 6.61 Å². The molecule has 0 bridgehead atoms. The Hall–Kier alpha value is -1.73. The molecule has 8 heteroatoms. The molecule has 25 heavy (non-hydrogen) atoms. The van der Waals surface area contributed by atoms with Crippen molar-refractivity contribution in [2.75, 3.05) is 25.2 Å². The summed E-state index contributed by atoms with van der Waals surface area (Å²) in [6.07, 6.45) is 3.09. The highest BCUT2D eigenvalue weighted by atomic mass is 35.5. The van der Waals surface area contributed by atoms with E-state index in [0.29, 0.717) is 23.7 Å². The number of thioether (sulfide) groups is 1. The molecule has 138 valence electrons. The normalized spacial score (nSPS) is 11.5. The standard InChI is InChI=1S/C17H23ClN2O4S/c1-3-9-19-15(21)11-24-17(23)14(8-10-25-2)20-16(22)12-6-4-5-7-13(12)18/h4-7,14H,3,8-11H2,1-2H3,(H,19,21)(H,20,22)/t14-/m1/s1. The summed E-state index contributed by atoms with van der Waals surface area (Å²) < 4.78 is 5.02. The first-order valence-electron chi connectivity index (χ1n) is 7.97. The number of amides is 2. The SMILES string of the molecule is CCCNC(=O)COC(=O)[C@@H](CCSC)NC(=O)c1ccccc1Cl. The van der Waals surface area contributed by atoms with Crippen LogP contribution in [0.15, 0.2) is 24.3 Å². The van der Waals surface area contributed by atoms with Crippen LogP contribution in [0.1, 0.15) is 30.1 Å². The maximum atomic E-state index is 12.3. The third kappa shape index (κ3) is 7.79. The van der Waals surface area contributed by atoms with Gasteiger partial charge in [0.2, 0.25) is 0 Å². The van der Waals surface area contributed by atoms with Gasteiger partial charge in [-0.1, -0.05) is 30.7 Å². The summed E-state index contributed by atoms with van der Waals surface area (Å²) in [5, 5.41) is 5.55. The van der Waals surface area contributed by atoms with Crippen molar-refractivity contribution in [2.24, 2.45) is 0 Å². The van der Waals surface area contributed by atoms with E-state index in [4.69, 9.17) is 16.3 Å². The van der Waals surface area contributed by atoms with Gasteiger partial charge in [0.05, 0.1) is 10.6 Å². The van der Waals surface area contributed by atoms with Crippen LogP contribution in [-0.2, 0) is 14.3 Å². The number of ether oxygens (including phenoxy) is 1. The maximum Gasteiger partial charge on any atom is 0.329 e. The Morgan fingerprint density at radius 2 is 2.00 bits per heavy atom. The molecule has 0 aromatic heterocycles. The Bertz CT molecular complexity index is 598. The number of carbonyl (C=O) groups excluding carboxylic acids is 3. The van der Waals surface area contributed by atoms with Crippen LogP contribution < -0.4 is 10.6 Å². The fourth-order valence-corrected chi connectivity index (χ4v) is 2.61. The van der Waals surface area contributed by atoms with Gasteiger partial charge in [-0.2, -0.15) is 11.8 Å². The molecule has 0 unspecified atom stereocenters. The molecule has 2 amide bonds. The van der Waals surface area contributed by atoms with E-state index in [-0.39, 0.29) is 18.1 Å². The van der Waals surface area contributed by atoms with E-state index in [0.717, 1.165) is 6.42 Å². The minimum atomic E-state index is -0.838. The van der Waals surface area contributed by atoms with Crippen LogP contribution in [0.3, 0.4) is 0 Å². The van der Waals surface area contributed by atoms with E-state index in [1.807, 2.05) is 13.2 Å². The van der Waals surface area contributed by atoms with Gasteiger partial charge >= 0.3 is 5.97 Å². The van der Waals surface area contributed by atoms with Gasteiger partial charge in [0.1, 0.15) is 6.04 Å². The molecule has 1 aromatic rings. The van der Waals surface area contributed by atoms with Gasteiger partial charge in [0.25, 0.3) is 11.8 Å². The fourth-order valence-electron chi connectivity index (χ4n) is 1.92. The Morgan fingerprint density at radius 1 is 1.28 bits per heavy atom. The van der Waals surface area contributed by atoms with Crippen LogP contribution in [0, 0.1) is 0 Å². The van der Waals surface area contributed by atoms with Gasteiger partial charge in [-0.3, -0.25) is 9.59 Å². The molecule has 0 saturated carbocycles. The van der Waals surface area contributed by atoms with Crippen LogP contribution in [0.5, 0.6) is 0 Å². The van der Waals surface area contributed by atoms with Gasteiger partial charge in [-0.05, 0) is 37.0 Å². The van der Waals surface area contributed by atoms with E-state index in [2.05, 4.69) is 10.6 Å². The van der Waals surface area contributed by atoms with Crippen LogP contribution in [0.25, 0.3) is 0 Å². The van der Waals surface area contributed by atoms with Gasteiger partial charge < -0.3 is 15.4 Å². The highest BCUT2D eigenvalue weighted by Gasteiger charge is 2.24. The molecular weight excluding hydrogens is 364 g/mol. The average Bonchev–Trinajstić information content (AvgIpc) is 2.61. The lowest BCUT2D eigenvalue weighted by atomic mass is 10.1. The summed E-state index contributed by atoms with van der Waals surface area (Å²) in [4.78, 5) is 36.1. The van der Waals surface area contributed by atoms with Crippen molar-refractivity contribution in [1.82, 2.24) is 10.6 Å². The lowest BCUT2D eigenvalue weighted by Crippen LogP contribution is -2.43. The predicted molar refractivity (Wildman–Crippen MR) is 100.0 cm³/mol. The first-order chi connectivity index (χ1) is 12.0. The van der Waals surface area contributed by atoms with E-state index < -0.39 is 17.9 Å². The van der Waals surface area contributed by atoms with E-state index in [1.165, 1.54) is 0 Å². The second kappa shape index (κ2) is 11.8. The second-order valence-corrected chi connectivity index (χ2v) is 6.64. The molecule has 6 nitrogen and oxygen atoms in total. The molecule has 0 aliphatic rings. The smallest absolute Gasteiger partial charge is 0.329 e. The molecule has 2 N–H and O–H groups in total.